The third kappa shape index (κ3) is 4.11. The fourth-order valence-corrected chi connectivity index (χ4v) is 3.34. The molecule has 0 N–H and O–H groups in total. The highest BCUT2D eigenvalue weighted by Crippen LogP contribution is 2.39. The molecule has 1 aliphatic heterocycles. The van der Waals surface area contributed by atoms with Crippen LogP contribution in [0.15, 0.2) is 18.3 Å². The Bertz CT molecular complexity index is 637. The van der Waals surface area contributed by atoms with E-state index in [0.717, 1.165) is 50.6 Å². The molecule has 3 rings (SSSR count). The Morgan fingerprint density at radius 3 is 2.72 bits per heavy atom. The van der Waals surface area contributed by atoms with Crippen molar-refractivity contribution in [2.75, 3.05) is 11.4 Å². The van der Waals surface area contributed by atoms with Crippen LogP contribution in [0.25, 0.3) is 0 Å². The first-order chi connectivity index (χ1) is 11.9. The zero-order chi connectivity index (χ0) is 18.0. The van der Waals surface area contributed by atoms with Gasteiger partial charge >= 0.3 is 6.09 Å². The van der Waals surface area contributed by atoms with Crippen molar-refractivity contribution in [2.24, 2.45) is 0 Å². The van der Waals surface area contributed by atoms with E-state index in [1.807, 2.05) is 37.8 Å². The Hall–Kier alpha value is -2.11. The number of pyridine rings is 1. The van der Waals surface area contributed by atoms with Crippen LogP contribution in [-0.2, 0) is 9.53 Å². The van der Waals surface area contributed by atoms with Gasteiger partial charge in [-0.3, -0.25) is 9.69 Å². The maximum atomic E-state index is 12.8. The summed E-state index contributed by atoms with van der Waals surface area (Å²) in [6, 6.07) is 3.96. The first-order valence-corrected chi connectivity index (χ1v) is 9.09. The number of likely N-dealkylation sites (tertiary alicyclic amines) is 1. The van der Waals surface area contributed by atoms with Crippen LogP contribution in [0, 0.1) is 0 Å². The predicted octanol–water partition coefficient (Wildman–Crippen LogP) is 3.67. The second-order valence-corrected chi connectivity index (χ2v) is 7.85. The quantitative estimate of drug-likeness (QED) is 0.781. The van der Waals surface area contributed by atoms with Crippen LogP contribution in [0.3, 0.4) is 0 Å². The van der Waals surface area contributed by atoms with Gasteiger partial charge in [0.25, 0.3) is 0 Å². The number of aromatic nitrogens is 1. The number of rotatable bonds is 4. The SMILES string of the molecule is CC(C)(C)OC(=O)N(c1ncccc1[C@H]1CCCCN1C=O)C1CC1. The summed E-state index contributed by atoms with van der Waals surface area (Å²) in [5.41, 5.74) is 0.380. The van der Waals surface area contributed by atoms with Gasteiger partial charge in [0.1, 0.15) is 11.4 Å². The van der Waals surface area contributed by atoms with Crippen molar-refractivity contribution < 1.29 is 14.3 Å². The van der Waals surface area contributed by atoms with Crippen LogP contribution in [-0.4, -0.2) is 40.6 Å². The van der Waals surface area contributed by atoms with Crippen molar-refractivity contribution in [3.8, 4) is 0 Å². The van der Waals surface area contributed by atoms with Gasteiger partial charge in [-0.2, -0.15) is 0 Å². The molecule has 1 aliphatic carbocycles. The van der Waals surface area contributed by atoms with Crippen LogP contribution in [0.2, 0.25) is 0 Å². The summed E-state index contributed by atoms with van der Waals surface area (Å²) in [6.45, 7) is 6.35. The summed E-state index contributed by atoms with van der Waals surface area (Å²) in [4.78, 5) is 32.3. The molecule has 1 saturated heterocycles. The van der Waals surface area contributed by atoms with E-state index in [0.29, 0.717) is 5.82 Å². The molecule has 6 nitrogen and oxygen atoms in total. The van der Waals surface area contributed by atoms with Gasteiger partial charge in [-0.15, -0.1) is 0 Å². The van der Waals surface area contributed by atoms with E-state index in [1.54, 1.807) is 11.1 Å². The van der Waals surface area contributed by atoms with Crippen molar-refractivity contribution in [1.82, 2.24) is 9.88 Å². The largest absolute Gasteiger partial charge is 0.443 e. The number of carbonyl (C=O) groups excluding carboxylic acids is 2. The zero-order valence-corrected chi connectivity index (χ0v) is 15.3. The highest BCUT2D eigenvalue weighted by molar-refractivity contribution is 5.89. The second-order valence-electron chi connectivity index (χ2n) is 7.85. The molecule has 2 heterocycles. The molecule has 136 valence electrons. The summed E-state index contributed by atoms with van der Waals surface area (Å²) < 4.78 is 5.61. The first-order valence-electron chi connectivity index (χ1n) is 9.09. The minimum Gasteiger partial charge on any atom is -0.443 e. The molecule has 1 aromatic rings. The third-order valence-corrected chi connectivity index (χ3v) is 4.59. The minimum atomic E-state index is -0.557. The molecule has 2 fully saturated rings. The number of piperidine rings is 1. The van der Waals surface area contributed by atoms with E-state index >= 15 is 0 Å². The lowest BCUT2D eigenvalue weighted by molar-refractivity contribution is -0.121. The Labute approximate surface area is 149 Å². The average molecular weight is 345 g/mol. The summed E-state index contributed by atoms with van der Waals surface area (Å²) in [7, 11) is 0. The fourth-order valence-electron chi connectivity index (χ4n) is 3.34. The molecular formula is C19H27N3O3. The summed E-state index contributed by atoms with van der Waals surface area (Å²) in [6.07, 6.45) is 7.15. The second kappa shape index (κ2) is 7.02. The molecular weight excluding hydrogens is 318 g/mol. The number of amides is 2. The highest BCUT2D eigenvalue weighted by atomic mass is 16.6. The van der Waals surface area contributed by atoms with Crippen molar-refractivity contribution in [3.05, 3.63) is 23.9 Å². The number of hydrogen-bond donors (Lipinski definition) is 0. The van der Waals surface area contributed by atoms with E-state index in [2.05, 4.69) is 4.98 Å². The van der Waals surface area contributed by atoms with Gasteiger partial charge in [-0.05, 0) is 58.9 Å². The highest BCUT2D eigenvalue weighted by Gasteiger charge is 2.39. The molecule has 6 heteroatoms. The molecule has 1 aromatic heterocycles. The van der Waals surface area contributed by atoms with E-state index in [1.165, 1.54) is 0 Å². The number of carbonyl (C=O) groups is 2. The first kappa shape index (κ1) is 17.7. The van der Waals surface area contributed by atoms with Crippen LogP contribution in [0.1, 0.15) is 64.5 Å². The Kier molecular flexibility index (Phi) is 4.97. The Morgan fingerprint density at radius 2 is 2.08 bits per heavy atom. The van der Waals surface area contributed by atoms with Crippen LogP contribution in [0.4, 0.5) is 10.6 Å². The lowest BCUT2D eigenvalue weighted by atomic mass is 9.96. The van der Waals surface area contributed by atoms with Crippen LogP contribution >= 0.6 is 0 Å². The normalized spacial score (nSPS) is 20.9. The molecule has 0 spiro atoms. The van der Waals surface area contributed by atoms with Gasteiger partial charge in [-0.25, -0.2) is 9.78 Å². The number of anilines is 1. The van der Waals surface area contributed by atoms with Crippen LogP contribution in [0.5, 0.6) is 0 Å². The zero-order valence-electron chi connectivity index (χ0n) is 15.3. The van der Waals surface area contributed by atoms with E-state index in [-0.39, 0.29) is 18.2 Å². The number of hydrogen-bond acceptors (Lipinski definition) is 4. The van der Waals surface area contributed by atoms with Crippen molar-refractivity contribution in [2.45, 2.75) is 70.6 Å². The van der Waals surface area contributed by atoms with Gasteiger partial charge in [-0.1, -0.05) is 6.07 Å². The van der Waals surface area contributed by atoms with Crippen molar-refractivity contribution >= 4 is 18.3 Å². The van der Waals surface area contributed by atoms with Crippen molar-refractivity contribution in [1.29, 1.82) is 0 Å². The third-order valence-electron chi connectivity index (χ3n) is 4.59. The standard InChI is InChI=1S/C19H27N3O3/c1-19(2,3)25-18(24)22(14-9-10-14)17-15(7-6-11-20-17)16-8-4-5-12-21(16)13-23/h6-7,11,13-14,16H,4-5,8-10,12H2,1-3H3/t16-/m1/s1. The van der Waals surface area contributed by atoms with E-state index < -0.39 is 5.60 Å². The lowest BCUT2D eigenvalue weighted by Gasteiger charge is -2.35. The van der Waals surface area contributed by atoms with Gasteiger partial charge in [0, 0.05) is 24.3 Å². The molecule has 2 aliphatic rings. The van der Waals surface area contributed by atoms with Crippen molar-refractivity contribution in [3.63, 3.8) is 0 Å². The number of ether oxygens (including phenoxy) is 1. The molecule has 0 unspecified atom stereocenters. The van der Waals surface area contributed by atoms with Gasteiger partial charge in [0.15, 0.2) is 0 Å². The predicted molar refractivity (Wildman–Crippen MR) is 95.3 cm³/mol. The molecule has 1 atom stereocenters. The summed E-state index contributed by atoms with van der Waals surface area (Å²) in [5, 5.41) is 0. The Morgan fingerprint density at radius 1 is 1.32 bits per heavy atom. The summed E-state index contributed by atoms with van der Waals surface area (Å²) >= 11 is 0. The number of nitrogens with zero attached hydrogens (tertiary/aromatic N) is 3. The van der Waals surface area contributed by atoms with Gasteiger partial charge in [0.2, 0.25) is 6.41 Å². The smallest absolute Gasteiger partial charge is 0.416 e. The van der Waals surface area contributed by atoms with Gasteiger partial charge < -0.3 is 9.64 Å². The molecule has 25 heavy (non-hydrogen) atoms. The maximum Gasteiger partial charge on any atom is 0.416 e. The molecule has 0 bridgehead atoms. The molecule has 2 amide bonds. The topological polar surface area (TPSA) is 62.7 Å². The summed E-state index contributed by atoms with van der Waals surface area (Å²) in [5.74, 6) is 0.637. The van der Waals surface area contributed by atoms with E-state index in [9.17, 15) is 9.59 Å². The fraction of sp³-hybridized carbons (Fsp3) is 0.632. The molecule has 0 radical (unpaired) electrons. The Balaban J connectivity index is 1.94. The van der Waals surface area contributed by atoms with Crippen LogP contribution < -0.4 is 4.90 Å². The van der Waals surface area contributed by atoms with E-state index in [4.69, 9.17) is 4.74 Å². The molecule has 0 aromatic carbocycles. The molecule has 1 saturated carbocycles. The average Bonchev–Trinajstić information content (AvgIpc) is 3.39. The monoisotopic (exact) mass is 345 g/mol. The minimum absolute atomic E-state index is 0.0290. The lowest BCUT2D eigenvalue weighted by Crippen LogP contribution is -2.40. The van der Waals surface area contributed by atoms with Gasteiger partial charge in [0.05, 0.1) is 6.04 Å². The maximum absolute atomic E-state index is 12.8.